The van der Waals surface area contributed by atoms with Crippen LogP contribution in [0.4, 0.5) is 4.79 Å². The van der Waals surface area contributed by atoms with E-state index in [2.05, 4.69) is 5.32 Å². The lowest BCUT2D eigenvalue weighted by molar-refractivity contribution is -0.125. The number of hydrogen-bond donors (Lipinski definition) is 1. The largest absolute Gasteiger partial charge is 0.324 e. The topological polar surface area (TPSA) is 49.4 Å². The molecule has 2 unspecified atom stereocenters. The van der Waals surface area contributed by atoms with E-state index < -0.39 is 4.75 Å². The summed E-state index contributed by atoms with van der Waals surface area (Å²) in [6.45, 7) is 6.53. The van der Waals surface area contributed by atoms with Gasteiger partial charge in [0.1, 0.15) is 4.75 Å². The van der Waals surface area contributed by atoms with E-state index in [1.165, 1.54) is 11.8 Å². The van der Waals surface area contributed by atoms with Crippen LogP contribution in [0.15, 0.2) is 0 Å². The molecule has 1 aliphatic heterocycles. The van der Waals surface area contributed by atoms with Crippen LogP contribution in [0, 0.1) is 0 Å². The van der Waals surface area contributed by atoms with Gasteiger partial charge in [-0.1, -0.05) is 6.92 Å². The van der Waals surface area contributed by atoms with Crippen molar-refractivity contribution in [2.24, 2.45) is 0 Å². The molecular weight excluding hydrogens is 212 g/mol. The number of urea groups is 1. The summed E-state index contributed by atoms with van der Waals surface area (Å²) in [5, 5.41) is 2.41. The molecule has 1 rings (SSSR count). The van der Waals surface area contributed by atoms with E-state index in [0.29, 0.717) is 6.54 Å². The Morgan fingerprint density at radius 1 is 1.53 bits per heavy atom. The Morgan fingerprint density at radius 2 is 2.13 bits per heavy atom. The van der Waals surface area contributed by atoms with E-state index in [0.717, 1.165) is 6.42 Å². The number of hydrogen-bond acceptors (Lipinski definition) is 3. The first-order valence-corrected chi connectivity index (χ1v) is 6.37. The molecule has 1 aliphatic rings. The highest BCUT2D eigenvalue weighted by atomic mass is 32.2. The van der Waals surface area contributed by atoms with Gasteiger partial charge in [0.15, 0.2) is 0 Å². The summed E-state index contributed by atoms with van der Waals surface area (Å²) in [5.74, 6) is -0.181. The third-order valence-corrected chi connectivity index (χ3v) is 4.46. The molecule has 1 fully saturated rings. The van der Waals surface area contributed by atoms with Crippen LogP contribution in [0.3, 0.4) is 0 Å². The van der Waals surface area contributed by atoms with Gasteiger partial charge in [0.05, 0.1) is 6.04 Å². The third kappa shape index (κ3) is 1.97. The fraction of sp³-hybridized carbons (Fsp3) is 0.800. The average Bonchev–Trinajstić information content (AvgIpc) is 2.21. The van der Waals surface area contributed by atoms with Crippen molar-refractivity contribution in [1.29, 1.82) is 0 Å². The first-order valence-electron chi connectivity index (χ1n) is 5.14. The van der Waals surface area contributed by atoms with E-state index in [4.69, 9.17) is 0 Å². The lowest BCUT2D eigenvalue weighted by atomic mass is 9.97. The fourth-order valence-electron chi connectivity index (χ4n) is 1.76. The molecule has 1 heterocycles. The molecule has 2 atom stereocenters. The van der Waals surface area contributed by atoms with Crippen LogP contribution in [0.2, 0.25) is 0 Å². The summed E-state index contributed by atoms with van der Waals surface area (Å²) in [6.07, 6.45) is 2.80. The summed E-state index contributed by atoms with van der Waals surface area (Å²) in [4.78, 5) is 25.1. The van der Waals surface area contributed by atoms with Gasteiger partial charge < -0.3 is 4.90 Å². The minimum atomic E-state index is -0.539. The van der Waals surface area contributed by atoms with Crippen LogP contribution in [0.1, 0.15) is 27.2 Å². The van der Waals surface area contributed by atoms with Crippen LogP contribution in [0.5, 0.6) is 0 Å². The van der Waals surface area contributed by atoms with E-state index >= 15 is 0 Å². The number of imide groups is 1. The van der Waals surface area contributed by atoms with E-state index in [9.17, 15) is 9.59 Å². The number of rotatable bonds is 3. The van der Waals surface area contributed by atoms with Gasteiger partial charge in [-0.15, -0.1) is 11.8 Å². The van der Waals surface area contributed by atoms with Gasteiger partial charge in [0.25, 0.3) is 0 Å². The molecular formula is C10H18N2O2S. The number of thioether (sulfide) groups is 1. The third-order valence-electron chi connectivity index (χ3n) is 3.09. The van der Waals surface area contributed by atoms with Crippen LogP contribution >= 0.6 is 11.8 Å². The Labute approximate surface area is 94.8 Å². The molecule has 0 aliphatic carbocycles. The molecule has 0 saturated carbocycles. The van der Waals surface area contributed by atoms with Crippen LogP contribution in [0.25, 0.3) is 0 Å². The minimum Gasteiger partial charge on any atom is -0.320 e. The molecule has 0 bridgehead atoms. The van der Waals surface area contributed by atoms with Crippen molar-refractivity contribution >= 4 is 23.7 Å². The monoisotopic (exact) mass is 230 g/mol. The van der Waals surface area contributed by atoms with E-state index in [-0.39, 0.29) is 18.0 Å². The molecule has 3 amide bonds. The molecule has 1 saturated heterocycles. The fourth-order valence-corrected chi connectivity index (χ4v) is 2.46. The predicted octanol–water partition coefficient (Wildman–Crippen LogP) is 1.46. The summed E-state index contributed by atoms with van der Waals surface area (Å²) in [6, 6.07) is -0.324. The van der Waals surface area contributed by atoms with Gasteiger partial charge in [0.2, 0.25) is 5.91 Å². The highest BCUT2D eigenvalue weighted by Gasteiger charge is 2.47. The van der Waals surface area contributed by atoms with Crippen molar-refractivity contribution in [3.8, 4) is 0 Å². The smallest absolute Gasteiger partial charge is 0.320 e. The standard InChI is InChI=1S/C10H18N2O2S/c1-5-6-12-7(2)10(3,15-4)8(13)11-9(12)14/h7H,5-6H2,1-4H3,(H,11,13,14). The molecule has 4 nitrogen and oxygen atoms in total. The number of carbonyl (C=O) groups excluding carboxylic acids is 2. The van der Waals surface area contributed by atoms with Gasteiger partial charge in [-0.2, -0.15) is 0 Å². The lowest BCUT2D eigenvalue weighted by Crippen LogP contribution is -2.66. The Bertz CT molecular complexity index is 283. The predicted molar refractivity (Wildman–Crippen MR) is 61.9 cm³/mol. The van der Waals surface area contributed by atoms with Gasteiger partial charge in [0, 0.05) is 6.54 Å². The first-order chi connectivity index (χ1) is 6.97. The number of carbonyl (C=O) groups is 2. The normalized spacial score (nSPS) is 31.7. The summed E-state index contributed by atoms with van der Waals surface area (Å²) < 4.78 is -0.539. The zero-order valence-electron chi connectivity index (χ0n) is 9.66. The second-order valence-electron chi connectivity index (χ2n) is 3.94. The van der Waals surface area contributed by atoms with Crippen molar-refractivity contribution in [3.05, 3.63) is 0 Å². The van der Waals surface area contributed by atoms with Crippen molar-refractivity contribution in [2.75, 3.05) is 12.8 Å². The van der Waals surface area contributed by atoms with Gasteiger partial charge in [-0.25, -0.2) is 4.79 Å². The highest BCUT2D eigenvalue weighted by Crippen LogP contribution is 2.32. The summed E-state index contributed by atoms with van der Waals surface area (Å²) >= 11 is 1.49. The summed E-state index contributed by atoms with van der Waals surface area (Å²) in [7, 11) is 0. The maximum Gasteiger partial charge on any atom is 0.324 e. The molecule has 0 aromatic heterocycles. The molecule has 0 spiro atoms. The minimum absolute atomic E-state index is 0.0614. The Kier molecular flexibility index (Phi) is 3.65. The number of nitrogens with zero attached hydrogens (tertiary/aromatic N) is 1. The Hall–Kier alpha value is -0.710. The van der Waals surface area contributed by atoms with Gasteiger partial charge in [-0.05, 0) is 26.5 Å². The van der Waals surface area contributed by atoms with E-state index in [1.54, 1.807) is 4.90 Å². The van der Waals surface area contributed by atoms with Gasteiger partial charge >= 0.3 is 6.03 Å². The lowest BCUT2D eigenvalue weighted by Gasteiger charge is -2.44. The first kappa shape index (κ1) is 12.4. The summed E-state index contributed by atoms with van der Waals surface area (Å²) in [5.41, 5.74) is 0. The molecule has 0 aromatic rings. The van der Waals surface area contributed by atoms with Crippen molar-refractivity contribution in [2.45, 2.75) is 38.0 Å². The maximum atomic E-state index is 11.7. The number of nitrogens with one attached hydrogen (secondary N) is 1. The van der Waals surface area contributed by atoms with Crippen LogP contribution in [-0.2, 0) is 4.79 Å². The second-order valence-corrected chi connectivity index (χ2v) is 5.20. The number of amides is 3. The van der Waals surface area contributed by atoms with Crippen LogP contribution < -0.4 is 5.32 Å². The van der Waals surface area contributed by atoms with Crippen molar-refractivity contribution in [1.82, 2.24) is 10.2 Å². The van der Waals surface area contributed by atoms with E-state index in [1.807, 2.05) is 27.0 Å². The van der Waals surface area contributed by atoms with Gasteiger partial charge in [-0.3, -0.25) is 10.1 Å². The molecule has 1 N–H and O–H groups in total. The Balaban J connectivity index is 2.94. The van der Waals surface area contributed by atoms with Crippen molar-refractivity contribution in [3.63, 3.8) is 0 Å². The molecule has 5 heteroatoms. The molecule has 15 heavy (non-hydrogen) atoms. The maximum absolute atomic E-state index is 11.7. The highest BCUT2D eigenvalue weighted by molar-refractivity contribution is 8.00. The quantitative estimate of drug-likeness (QED) is 0.798. The zero-order chi connectivity index (χ0) is 11.6. The van der Waals surface area contributed by atoms with Crippen molar-refractivity contribution < 1.29 is 9.59 Å². The zero-order valence-corrected chi connectivity index (χ0v) is 10.5. The molecule has 86 valence electrons. The average molecular weight is 230 g/mol. The SMILES string of the molecule is CCCN1C(=O)NC(=O)C(C)(SC)C1C. The van der Waals surface area contributed by atoms with Crippen LogP contribution in [-0.4, -0.2) is 40.4 Å². The molecule has 0 aromatic carbocycles. The Morgan fingerprint density at radius 3 is 2.60 bits per heavy atom. The molecule has 0 radical (unpaired) electrons. The second kappa shape index (κ2) is 4.43.